The highest BCUT2D eigenvalue weighted by atomic mass is 32.1. The number of aryl methyl sites for hydroxylation is 1. The van der Waals surface area contributed by atoms with E-state index in [4.69, 9.17) is 0 Å². The minimum Gasteiger partial charge on any atom is -0.450 e. The predicted molar refractivity (Wildman–Crippen MR) is 57.5 cm³/mol. The molecular weight excluding hydrogens is 216 g/mol. The summed E-state index contributed by atoms with van der Waals surface area (Å²) < 4.78 is 4.69. The summed E-state index contributed by atoms with van der Waals surface area (Å²) >= 11 is 1.15. The van der Waals surface area contributed by atoms with E-state index in [9.17, 15) is 9.59 Å². The molecule has 0 spiro atoms. The molecule has 1 amide bonds. The summed E-state index contributed by atoms with van der Waals surface area (Å²) in [5, 5.41) is 2.84. The van der Waals surface area contributed by atoms with Crippen LogP contribution in [0.25, 0.3) is 0 Å². The van der Waals surface area contributed by atoms with Crippen molar-refractivity contribution in [3.05, 3.63) is 10.6 Å². The average Bonchev–Trinajstić information content (AvgIpc) is 2.47. The summed E-state index contributed by atoms with van der Waals surface area (Å²) in [4.78, 5) is 26.8. The van der Waals surface area contributed by atoms with E-state index in [0.29, 0.717) is 22.3 Å². The largest absolute Gasteiger partial charge is 0.450 e. The molecule has 1 aromatic rings. The second kappa shape index (κ2) is 4.88. The summed E-state index contributed by atoms with van der Waals surface area (Å²) in [6.07, 6.45) is -0.554. The molecular formula is C9H12N2O3S. The van der Waals surface area contributed by atoms with Crippen LogP contribution in [0.3, 0.4) is 0 Å². The van der Waals surface area contributed by atoms with Gasteiger partial charge >= 0.3 is 6.09 Å². The lowest BCUT2D eigenvalue weighted by molar-refractivity contribution is 0.102. The van der Waals surface area contributed by atoms with Gasteiger partial charge in [0.1, 0.15) is 0 Å². The number of ether oxygens (including phenoxy) is 1. The minimum atomic E-state index is -0.554. The summed E-state index contributed by atoms with van der Waals surface area (Å²) in [7, 11) is 0. The normalized spacial score (nSPS) is 9.80. The quantitative estimate of drug-likeness (QED) is 0.805. The van der Waals surface area contributed by atoms with Crippen LogP contribution in [-0.4, -0.2) is 23.5 Å². The zero-order valence-corrected chi connectivity index (χ0v) is 9.60. The van der Waals surface area contributed by atoms with Crippen molar-refractivity contribution >= 4 is 28.3 Å². The van der Waals surface area contributed by atoms with Gasteiger partial charge in [-0.2, -0.15) is 0 Å². The van der Waals surface area contributed by atoms with Gasteiger partial charge in [0, 0.05) is 6.92 Å². The van der Waals surface area contributed by atoms with Crippen molar-refractivity contribution in [2.75, 3.05) is 11.9 Å². The lowest BCUT2D eigenvalue weighted by atomic mass is 10.3. The molecule has 0 aliphatic rings. The van der Waals surface area contributed by atoms with Crippen molar-refractivity contribution in [1.29, 1.82) is 0 Å². The third-order valence-electron chi connectivity index (χ3n) is 1.60. The highest BCUT2D eigenvalue weighted by Crippen LogP contribution is 2.22. The molecule has 0 radical (unpaired) electrons. The second-order valence-corrected chi connectivity index (χ2v) is 3.83. The lowest BCUT2D eigenvalue weighted by Gasteiger charge is -1.99. The SMILES string of the molecule is CCOC(=O)Nc1nc(C)c(C(C)=O)s1. The molecule has 1 heterocycles. The minimum absolute atomic E-state index is 0.0538. The van der Waals surface area contributed by atoms with E-state index < -0.39 is 6.09 Å². The number of hydrogen-bond acceptors (Lipinski definition) is 5. The van der Waals surface area contributed by atoms with Crippen molar-refractivity contribution in [3.63, 3.8) is 0 Å². The molecule has 0 aromatic carbocycles. The van der Waals surface area contributed by atoms with Gasteiger partial charge < -0.3 is 4.74 Å². The smallest absolute Gasteiger partial charge is 0.413 e. The maximum atomic E-state index is 11.1. The van der Waals surface area contributed by atoms with Crippen molar-refractivity contribution in [2.24, 2.45) is 0 Å². The van der Waals surface area contributed by atoms with E-state index in [1.807, 2.05) is 0 Å². The number of aromatic nitrogens is 1. The zero-order valence-electron chi connectivity index (χ0n) is 8.79. The summed E-state index contributed by atoms with van der Waals surface area (Å²) in [5.74, 6) is -0.0538. The third-order valence-corrected chi connectivity index (χ3v) is 2.77. The van der Waals surface area contributed by atoms with Crippen LogP contribution >= 0.6 is 11.3 Å². The first kappa shape index (κ1) is 11.6. The number of nitrogens with zero attached hydrogens (tertiary/aromatic N) is 1. The van der Waals surface area contributed by atoms with Crippen molar-refractivity contribution in [2.45, 2.75) is 20.8 Å². The monoisotopic (exact) mass is 228 g/mol. The number of thiazole rings is 1. The number of anilines is 1. The lowest BCUT2D eigenvalue weighted by Crippen LogP contribution is -2.12. The molecule has 5 nitrogen and oxygen atoms in total. The molecule has 0 aliphatic carbocycles. The average molecular weight is 228 g/mol. The number of carbonyl (C=O) groups excluding carboxylic acids is 2. The maximum Gasteiger partial charge on any atom is 0.413 e. The van der Waals surface area contributed by atoms with Gasteiger partial charge in [-0.15, -0.1) is 0 Å². The van der Waals surface area contributed by atoms with Gasteiger partial charge in [0.2, 0.25) is 0 Å². The first-order chi connectivity index (χ1) is 7.04. The van der Waals surface area contributed by atoms with Gasteiger partial charge in [-0.3, -0.25) is 10.1 Å². The topological polar surface area (TPSA) is 68.3 Å². The van der Waals surface area contributed by atoms with Gasteiger partial charge in [-0.05, 0) is 13.8 Å². The van der Waals surface area contributed by atoms with Crippen molar-refractivity contribution in [3.8, 4) is 0 Å². The highest BCUT2D eigenvalue weighted by Gasteiger charge is 2.13. The van der Waals surface area contributed by atoms with Crippen LogP contribution in [0.2, 0.25) is 0 Å². The van der Waals surface area contributed by atoms with E-state index in [0.717, 1.165) is 11.3 Å². The standard InChI is InChI=1S/C9H12N2O3S/c1-4-14-9(13)11-8-10-5(2)7(15-8)6(3)12/h4H2,1-3H3,(H,10,11,13). The molecule has 82 valence electrons. The van der Waals surface area contributed by atoms with Crippen LogP contribution in [0.4, 0.5) is 9.93 Å². The number of ketones is 1. The summed E-state index contributed by atoms with van der Waals surface area (Å²) in [5.41, 5.74) is 0.624. The Balaban J connectivity index is 2.75. The predicted octanol–water partition coefficient (Wildman–Crippen LogP) is 2.22. The summed E-state index contributed by atoms with van der Waals surface area (Å²) in [6.45, 7) is 5.21. The molecule has 6 heteroatoms. The molecule has 0 saturated carbocycles. The third kappa shape index (κ3) is 3.02. The fourth-order valence-corrected chi connectivity index (χ4v) is 1.88. The fourth-order valence-electron chi connectivity index (χ4n) is 1.03. The molecule has 0 bridgehead atoms. The Kier molecular flexibility index (Phi) is 3.79. The van der Waals surface area contributed by atoms with E-state index in [2.05, 4.69) is 15.0 Å². The highest BCUT2D eigenvalue weighted by molar-refractivity contribution is 7.17. The number of Topliss-reactive ketones (excluding diaryl/α,β-unsaturated/α-hetero) is 1. The number of amides is 1. The molecule has 0 unspecified atom stereocenters. The molecule has 0 atom stereocenters. The van der Waals surface area contributed by atoms with Gasteiger partial charge in [0.25, 0.3) is 0 Å². The van der Waals surface area contributed by atoms with Gasteiger partial charge in [-0.25, -0.2) is 9.78 Å². The Bertz CT molecular complexity index is 387. The van der Waals surface area contributed by atoms with Crippen LogP contribution in [0.1, 0.15) is 29.2 Å². The number of carbonyl (C=O) groups is 2. The van der Waals surface area contributed by atoms with E-state index in [1.165, 1.54) is 6.92 Å². The molecule has 15 heavy (non-hydrogen) atoms. The van der Waals surface area contributed by atoms with Gasteiger partial charge in [0.15, 0.2) is 10.9 Å². The molecule has 1 N–H and O–H groups in total. The molecule has 0 fully saturated rings. The van der Waals surface area contributed by atoms with Crippen LogP contribution in [0.5, 0.6) is 0 Å². The Morgan fingerprint density at radius 2 is 2.20 bits per heavy atom. The van der Waals surface area contributed by atoms with Crippen LogP contribution < -0.4 is 5.32 Å². The Morgan fingerprint density at radius 3 is 2.67 bits per heavy atom. The first-order valence-electron chi connectivity index (χ1n) is 4.46. The summed E-state index contributed by atoms with van der Waals surface area (Å²) in [6, 6.07) is 0. The Morgan fingerprint density at radius 1 is 1.53 bits per heavy atom. The second-order valence-electron chi connectivity index (χ2n) is 2.84. The Labute approximate surface area is 91.5 Å². The van der Waals surface area contributed by atoms with E-state index >= 15 is 0 Å². The van der Waals surface area contributed by atoms with Crippen LogP contribution in [0.15, 0.2) is 0 Å². The molecule has 1 rings (SSSR count). The van der Waals surface area contributed by atoms with Crippen molar-refractivity contribution in [1.82, 2.24) is 4.98 Å². The van der Waals surface area contributed by atoms with Gasteiger partial charge in [0.05, 0.1) is 17.2 Å². The van der Waals surface area contributed by atoms with Crippen LogP contribution in [0, 0.1) is 6.92 Å². The molecule has 1 aromatic heterocycles. The van der Waals surface area contributed by atoms with Crippen molar-refractivity contribution < 1.29 is 14.3 Å². The zero-order chi connectivity index (χ0) is 11.4. The first-order valence-corrected chi connectivity index (χ1v) is 5.28. The van der Waals surface area contributed by atoms with Gasteiger partial charge in [-0.1, -0.05) is 11.3 Å². The number of hydrogen-bond donors (Lipinski definition) is 1. The number of nitrogens with one attached hydrogen (secondary N) is 1. The van der Waals surface area contributed by atoms with Crippen LogP contribution in [-0.2, 0) is 4.74 Å². The molecule has 0 aliphatic heterocycles. The fraction of sp³-hybridized carbons (Fsp3) is 0.444. The number of rotatable bonds is 3. The Hall–Kier alpha value is -1.43. The molecule has 0 saturated heterocycles. The van der Waals surface area contributed by atoms with E-state index in [1.54, 1.807) is 13.8 Å². The van der Waals surface area contributed by atoms with E-state index in [-0.39, 0.29) is 5.78 Å². The maximum absolute atomic E-state index is 11.1.